The Morgan fingerprint density at radius 3 is 2.77 bits per heavy atom. The van der Waals surface area contributed by atoms with Crippen molar-refractivity contribution in [2.45, 2.75) is 6.61 Å². The van der Waals surface area contributed by atoms with E-state index in [-0.39, 0.29) is 6.61 Å². The Hall–Kier alpha value is -1.86. The fraction of sp³-hybridized carbons (Fsp3) is 0.100. The van der Waals surface area contributed by atoms with Gasteiger partial charge in [0.05, 0.1) is 0 Å². The molecule has 0 aromatic heterocycles. The maximum Gasteiger partial charge on any atom is 0.442 e. The summed E-state index contributed by atoms with van der Waals surface area (Å²) in [5, 5.41) is 0. The molecule has 0 saturated heterocycles. The number of hydrogen-bond acceptors (Lipinski definition) is 2. The van der Waals surface area contributed by atoms with E-state index in [0.29, 0.717) is 0 Å². The molecule has 1 aromatic carbocycles. The van der Waals surface area contributed by atoms with Crippen LogP contribution in [0, 0.1) is 0 Å². The van der Waals surface area contributed by atoms with Crippen molar-refractivity contribution in [1.29, 1.82) is 0 Å². The van der Waals surface area contributed by atoms with Gasteiger partial charge in [0.2, 0.25) is 0 Å². The molecule has 13 heavy (non-hydrogen) atoms. The van der Waals surface area contributed by atoms with E-state index in [1.54, 1.807) is 0 Å². The predicted octanol–water partition coefficient (Wildman–Crippen LogP) is 2.18. The second kappa shape index (κ2) is 4.91. The number of benzene rings is 1. The first-order chi connectivity index (χ1) is 6.33. The van der Waals surface area contributed by atoms with Crippen molar-refractivity contribution in [3.05, 3.63) is 42.5 Å². The molecule has 0 aliphatic carbocycles. The lowest BCUT2D eigenvalue weighted by Crippen LogP contribution is -1.98. The van der Waals surface area contributed by atoms with Crippen LogP contribution in [-0.4, -0.2) is 12.0 Å². The predicted molar refractivity (Wildman–Crippen MR) is 49.7 cm³/mol. The molecule has 1 rings (SSSR count). The summed E-state index contributed by atoms with van der Waals surface area (Å²) in [5.74, 6) is 2.10. The minimum absolute atomic E-state index is 0.227. The van der Waals surface area contributed by atoms with Gasteiger partial charge in [-0.05, 0) is 18.0 Å². The highest BCUT2D eigenvalue weighted by atomic mass is 16.5. The molecule has 0 saturated carbocycles. The summed E-state index contributed by atoms with van der Waals surface area (Å²) in [6.07, 6.45) is -0.668. The van der Waals surface area contributed by atoms with Crippen molar-refractivity contribution in [2.75, 3.05) is 0 Å². The van der Waals surface area contributed by atoms with Crippen LogP contribution in [-0.2, 0) is 11.3 Å². The highest BCUT2D eigenvalue weighted by molar-refractivity contribution is 5.76. The molecular weight excluding hydrogens is 166 g/mol. The third kappa shape index (κ3) is 3.36. The van der Waals surface area contributed by atoms with E-state index in [2.05, 4.69) is 17.4 Å². The monoisotopic (exact) mass is 175 g/mol. The second-order valence-corrected chi connectivity index (χ2v) is 2.31. The first-order valence-electron chi connectivity index (χ1n) is 3.76. The van der Waals surface area contributed by atoms with E-state index in [1.807, 2.05) is 30.3 Å². The smallest absolute Gasteiger partial charge is 0.442 e. The highest BCUT2D eigenvalue weighted by Gasteiger charge is 1.97. The Morgan fingerprint density at radius 2 is 2.15 bits per heavy atom. The van der Waals surface area contributed by atoms with Gasteiger partial charge in [-0.25, -0.2) is 4.79 Å². The van der Waals surface area contributed by atoms with Crippen molar-refractivity contribution >= 4 is 12.0 Å². The lowest BCUT2D eigenvalue weighted by atomic mass is 10.2. The number of carbonyl (C=O) groups is 1. The zero-order chi connectivity index (χ0) is 9.52. The van der Waals surface area contributed by atoms with Gasteiger partial charge in [-0.2, -0.15) is 0 Å². The normalized spacial score (nSPS) is 8.62. The van der Waals surface area contributed by atoms with Gasteiger partial charge in [-0.15, -0.1) is 4.99 Å². The van der Waals surface area contributed by atoms with Crippen LogP contribution in [0.3, 0.4) is 0 Å². The number of ether oxygens (including phenoxy) is 1. The van der Waals surface area contributed by atoms with Crippen LogP contribution in [0.25, 0.3) is 0 Å². The molecular formula is C10H9NO2. The molecule has 1 amide bonds. The average Bonchev–Trinajstić information content (AvgIpc) is 2.17. The van der Waals surface area contributed by atoms with Gasteiger partial charge in [-0.3, -0.25) is 0 Å². The molecule has 0 spiro atoms. The third-order valence-electron chi connectivity index (χ3n) is 1.38. The number of carbonyl (C=O) groups excluding carboxylic acids is 1. The quantitative estimate of drug-likeness (QED) is 0.646. The highest BCUT2D eigenvalue weighted by Crippen LogP contribution is 2.00. The van der Waals surface area contributed by atoms with Gasteiger partial charge >= 0.3 is 6.09 Å². The maximum absolute atomic E-state index is 10.7. The molecule has 0 fully saturated rings. The summed E-state index contributed by atoms with van der Waals surface area (Å²) in [6, 6.07) is 9.38. The van der Waals surface area contributed by atoms with Crippen LogP contribution in [0.5, 0.6) is 0 Å². The molecule has 3 heteroatoms. The Kier molecular flexibility index (Phi) is 3.48. The number of rotatable bonds is 2. The number of aliphatic imine (C=N–C) groups is 1. The van der Waals surface area contributed by atoms with Gasteiger partial charge in [0.1, 0.15) is 6.61 Å². The van der Waals surface area contributed by atoms with Gasteiger partial charge in [0.25, 0.3) is 0 Å². The lowest BCUT2D eigenvalue weighted by molar-refractivity contribution is 0.151. The summed E-state index contributed by atoms with van der Waals surface area (Å²) in [7, 11) is 0. The second-order valence-electron chi connectivity index (χ2n) is 2.31. The lowest BCUT2D eigenvalue weighted by Gasteiger charge is -1.99. The van der Waals surface area contributed by atoms with E-state index in [1.165, 1.54) is 0 Å². The number of nitrogens with zero attached hydrogens (tertiary/aromatic N) is 1. The van der Waals surface area contributed by atoms with Crippen LogP contribution in [0.1, 0.15) is 5.56 Å². The van der Waals surface area contributed by atoms with Crippen LogP contribution >= 0.6 is 0 Å². The zero-order valence-electron chi connectivity index (χ0n) is 7.06. The summed E-state index contributed by atoms with van der Waals surface area (Å²) < 4.78 is 4.76. The molecule has 0 aliphatic rings. The maximum atomic E-state index is 10.7. The topological polar surface area (TPSA) is 38.7 Å². The Labute approximate surface area is 76.4 Å². The molecule has 1 aromatic rings. The fourth-order valence-corrected chi connectivity index (χ4v) is 0.816. The summed E-state index contributed by atoms with van der Waals surface area (Å²) in [6.45, 7) is 3.39. The zero-order valence-corrected chi connectivity index (χ0v) is 7.06. The first kappa shape index (κ1) is 9.23. The van der Waals surface area contributed by atoms with E-state index < -0.39 is 6.09 Å². The minimum Gasteiger partial charge on any atom is -0.443 e. The van der Waals surface area contributed by atoms with E-state index in [0.717, 1.165) is 5.56 Å². The van der Waals surface area contributed by atoms with Crippen LogP contribution in [0.2, 0.25) is 0 Å². The molecule has 66 valence electrons. The van der Waals surface area contributed by atoms with Crippen LogP contribution in [0.4, 0.5) is 4.79 Å². The van der Waals surface area contributed by atoms with Crippen molar-refractivity contribution < 1.29 is 9.53 Å². The minimum atomic E-state index is -0.668. The largest absolute Gasteiger partial charge is 0.443 e. The third-order valence-corrected chi connectivity index (χ3v) is 1.38. The molecule has 0 N–H and O–H groups in total. The van der Waals surface area contributed by atoms with Gasteiger partial charge in [-0.1, -0.05) is 30.3 Å². The van der Waals surface area contributed by atoms with Crippen molar-refractivity contribution in [3.63, 3.8) is 0 Å². The Morgan fingerprint density at radius 1 is 1.46 bits per heavy atom. The van der Waals surface area contributed by atoms with Gasteiger partial charge in [0.15, 0.2) is 0 Å². The van der Waals surface area contributed by atoms with E-state index in [9.17, 15) is 4.79 Å². The average molecular weight is 175 g/mol. The van der Waals surface area contributed by atoms with E-state index >= 15 is 0 Å². The Bertz CT molecular complexity index is 326. The Balaban J connectivity index is 2.44. The van der Waals surface area contributed by atoms with Crippen LogP contribution < -0.4 is 0 Å². The van der Waals surface area contributed by atoms with Crippen molar-refractivity contribution in [1.82, 2.24) is 0 Å². The standard InChI is InChI=1S/C10H9NO2/c1-2-11-10(12)13-8-9-6-4-3-5-7-9/h3-7H,1,8H2. The van der Waals surface area contributed by atoms with Crippen molar-refractivity contribution in [3.8, 4) is 0 Å². The molecule has 0 aliphatic heterocycles. The van der Waals surface area contributed by atoms with E-state index in [4.69, 9.17) is 4.74 Å². The number of hydrogen-bond donors (Lipinski definition) is 0. The molecule has 0 bridgehead atoms. The van der Waals surface area contributed by atoms with Crippen molar-refractivity contribution in [2.24, 2.45) is 4.99 Å². The summed E-state index contributed by atoms with van der Waals surface area (Å²) in [5.41, 5.74) is 0.926. The summed E-state index contributed by atoms with van der Waals surface area (Å²) >= 11 is 0. The first-order valence-corrected chi connectivity index (χ1v) is 3.76. The molecule has 3 nitrogen and oxygen atoms in total. The SMILES string of the molecule is C=C=NC(=O)OCc1ccccc1. The van der Waals surface area contributed by atoms with Crippen LogP contribution in [0.15, 0.2) is 41.9 Å². The van der Waals surface area contributed by atoms with Gasteiger partial charge < -0.3 is 4.74 Å². The molecule has 0 radical (unpaired) electrons. The molecule has 0 unspecified atom stereocenters. The fourth-order valence-electron chi connectivity index (χ4n) is 0.816. The van der Waals surface area contributed by atoms with Gasteiger partial charge in [0, 0.05) is 0 Å². The number of amides is 1. The molecule has 0 heterocycles. The summed E-state index contributed by atoms with van der Waals surface area (Å²) in [4.78, 5) is 13.9. The molecule has 0 atom stereocenters.